The molecule has 1 N–H and O–H groups in total. The van der Waals surface area contributed by atoms with E-state index < -0.39 is 5.95 Å². The molecule has 9 nitrogen and oxygen atoms in total. The number of furan rings is 1. The maximum atomic E-state index is 13.6. The van der Waals surface area contributed by atoms with E-state index in [0.717, 1.165) is 21.1 Å². The minimum absolute atomic E-state index is 0.172. The summed E-state index contributed by atoms with van der Waals surface area (Å²) in [5.41, 5.74) is 5.76. The molecule has 5 heterocycles. The number of methoxy groups -OCH3 is 2. The van der Waals surface area contributed by atoms with Crippen molar-refractivity contribution in [2.24, 2.45) is 0 Å². The van der Waals surface area contributed by atoms with Crippen molar-refractivity contribution in [3.63, 3.8) is 0 Å². The van der Waals surface area contributed by atoms with Crippen LogP contribution in [-0.2, 0) is 11.3 Å². The van der Waals surface area contributed by atoms with Crippen molar-refractivity contribution in [2.75, 3.05) is 19.6 Å². The Labute approximate surface area is 213 Å². The van der Waals surface area contributed by atoms with Crippen molar-refractivity contribution in [1.29, 1.82) is 0 Å². The molecule has 1 aliphatic rings. The van der Waals surface area contributed by atoms with E-state index in [1.165, 1.54) is 35.4 Å². The normalized spacial score (nSPS) is 14.7. The highest BCUT2D eigenvalue weighted by atomic mass is 32.2. The van der Waals surface area contributed by atoms with Crippen LogP contribution in [0.5, 0.6) is 11.5 Å². The molecule has 5 aromatic rings. The SMILES string of the molecule is COc1cc(OCc2nc(-c3ccnc(F)c3)sc2C)c2cc(-c3cn4c(n3)SC(OC)N4)oc2c1. The predicted octanol–water partition coefficient (Wildman–Crippen LogP) is 5.43. The Morgan fingerprint density at radius 1 is 1.19 bits per heavy atom. The van der Waals surface area contributed by atoms with Crippen LogP contribution in [-0.4, -0.2) is 39.4 Å². The number of hydrogen-bond acceptors (Lipinski definition) is 10. The summed E-state index contributed by atoms with van der Waals surface area (Å²) < 4.78 is 38.5. The van der Waals surface area contributed by atoms with Crippen LogP contribution in [0.4, 0.5) is 4.39 Å². The number of halogens is 1. The number of fused-ring (bicyclic) bond motifs is 2. The molecular weight excluding hydrogens is 505 g/mol. The first-order valence-electron chi connectivity index (χ1n) is 10.9. The maximum absolute atomic E-state index is 13.6. The minimum Gasteiger partial charge on any atom is -0.496 e. The Balaban J connectivity index is 1.28. The van der Waals surface area contributed by atoms with Crippen LogP contribution in [0.15, 0.2) is 52.3 Å². The lowest BCUT2D eigenvalue weighted by Crippen LogP contribution is -2.19. The molecule has 0 aliphatic carbocycles. The Kier molecular flexibility index (Phi) is 5.78. The predicted molar refractivity (Wildman–Crippen MR) is 134 cm³/mol. The lowest BCUT2D eigenvalue weighted by atomic mass is 10.2. The molecule has 1 aromatic carbocycles. The molecule has 36 heavy (non-hydrogen) atoms. The van der Waals surface area contributed by atoms with E-state index in [4.69, 9.17) is 18.6 Å². The van der Waals surface area contributed by atoms with Gasteiger partial charge < -0.3 is 18.6 Å². The smallest absolute Gasteiger partial charge is 0.213 e. The van der Waals surface area contributed by atoms with Gasteiger partial charge in [-0.3, -0.25) is 5.43 Å². The highest BCUT2D eigenvalue weighted by Gasteiger charge is 2.25. The average molecular weight is 526 g/mol. The summed E-state index contributed by atoms with van der Waals surface area (Å²) in [5.74, 6) is 1.27. The molecule has 1 unspecified atom stereocenters. The molecule has 0 fully saturated rings. The van der Waals surface area contributed by atoms with Gasteiger partial charge in [0.05, 0.1) is 24.4 Å². The minimum atomic E-state index is -0.538. The fourth-order valence-electron chi connectivity index (χ4n) is 3.81. The van der Waals surface area contributed by atoms with Crippen molar-refractivity contribution in [2.45, 2.75) is 24.2 Å². The van der Waals surface area contributed by atoms with Crippen LogP contribution in [0, 0.1) is 12.9 Å². The summed E-state index contributed by atoms with van der Waals surface area (Å²) in [5, 5.41) is 2.29. The summed E-state index contributed by atoms with van der Waals surface area (Å²) in [6.07, 6.45) is 3.29. The fraction of sp³-hybridized carbons (Fsp3) is 0.208. The second-order valence-electron chi connectivity index (χ2n) is 7.92. The van der Waals surface area contributed by atoms with Gasteiger partial charge in [0.25, 0.3) is 0 Å². The van der Waals surface area contributed by atoms with Gasteiger partial charge in [-0.25, -0.2) is 19.6 Å². The van der Waals surface area contributed by atoms with Gasteiger partial charge >= 0.3 is 0 Å². The summed E-state index contributed by atoms with van der Waals surface area (Å²) in [6, 6.07) is 8.64. The van der Waals surface area contributed by atoms with Gasteiger partial charge in [0.2, 0.25) is 5.95 Å². The summed E-state index contributed by atoms with van der Waals surface area (Å²) in [6.45, 7) is 2.20. The van der Waals surface area contributed by atoms with E-state index in [-0.39, 0.29) is 12.2 Å². The number of ether oxygens (including phenoxy) is 3. The number of aryl methyl sites for hydroxylation is 1. The first kappa shape index (κ1) is 22.8. The Morgan fingerprint density at radius 3 is 2.86 bits per heavy atom. The molecule has 12 heteroatoms. The molecule has 0 radical (unpaired) electrons. The van der Waals surface area contributed by atoms with Gasteiger partial charge in [0.15, 0.2) is 16.5 Å². The van der Waals surface area contributed by atoms with Gasteiger partial charge in [-0.15, -0.1) is 11.3 Å². The van der Waals surface area contributed by atoms with Crippen molar-refractivity contribution in [3.8, 4) is 33.5 Å². The molecule has 0 saturated heterocycles. The van der Waals surface area contributed by atoms with Crippen LogP contribution >= 0.6 is 23.1 Å². The van der Waals surface area contributed by atoms with Gasteiger partial charge in [0.1, 0.15) is 34.4 Å². The van der Waals surface area contributed by atoms with Crippen LogP contribution in [0.3, 0.4) is 0 Å². The van der Waals surface area contributed by atoms with Crippen LogP contribution in [0.2, 0.25) is 0 Å². The highest BCUT2D eigenvalue weighted by molar-refractivity contribution is 7.99. The van der Waals surface area contributed by atoms with Crippen molar-refractivity contribution in [1.82, 2.24) is 19.6 Å². The largest absolute Gasteiger partial charge is 0.496 e. The fourth-order valence-corrected chi connectivity index (χ4v) is 5.54. The number of benzene rings is 1. The van der Waals surface area contributed by atoms with Crippen molar-refractivity contribution >= 4 is 34.1 Å². The lowest BCUT2D eigenvalue weighted by molar-refractivity contribution is 0.187. The third-order valence-corrected chi connectivity index (χ3v) is 7.71. The molecule has 0 amide bonds. The standard InChI is InChI=1S/C24H20FN5O4S2/c1-12-17(27-22(35-12)13-4-5-26-21(25)6-13)11-33-18-7-14(31-2)8-19-15(18)9-20(34-19)16-10-30-23(28-16)36-24(29-30)32-3/h4-10,24,29H,11H2,1-3H3. The third-order valence-electron chi connectivity index (χ3n) is 5.64. The molecule has 4 aromatic heterocycles. The Bertz CT molecular complexity index is 1560. The first-order valence-corrected chi connectivity index (χ1v) is 12.6. The molecule has 0 spiro atoms. The summed E-state index contributed by atoms with van der Waals surface area (Å²) in [7, 11) is 3.23. The van der Waals surface area contributed by atoms with Gasteiger partial charge in [0, 0.05) is 41.9 Å². The highest BCUT2D eigenvalue weighted by Crippen LogP contribution is 2.39. The molecule has 6 rings (SSSR count). The van der Waals surface area contributed by atoms with Gasteiger partial charge in [-0.2, -0.15) is 4.39 Å². The summed E-state index contributed by atoms with van der Waals surface area (Å²) in [4.78, 5) is 13.9. The molecule has 0 saturated carbocycles. The van der Waals surface area contributed by atoms with E-state index in [9.17, 15) is 4.39 Å². The number of aromatic nitrogens is 4. The summed E-state index contributed by atoms with van der Waals surface area (Å²) >= 11 is 2.96. The topological polar surface area (TPSA) is 96.5 Å². The number of hydrogen-bond donors (Lipinski definition) is 1. The molecule has 0 bridgehead atoms. The van der Waals surface area contributed by atoms with E-state index in [0.29, 0.717) is 39.1 Å². The molecule has 1 atom stereocenters. The number of nitrogens with zero attached hydrogens (tertiary/aromatic N) is 4. The van der Waals surface area contributed by atoms with Gasteiger partial charge in [-0.05, 0) is 30.8 Å². The second kappa shape index (κ2) is 9.12. The van der Waals surface area contributed by atoms with Crippen LogP contribution in [0.25, 0.3) is 33.0 Å². The quantitative estimate of drug-likeness (QED) is 0.279. The van der Waals surface area contributed by atoms with Crippen LogP contribution < -0.4 is 14.9 Å². The second-order valence-corrected chi connectivity index (χ2v) is 10.2. The number of nitrogens with one attached hydrogen (secondary N) is 1. The van der Waals surface area contributed by atoms with E-state index in [1.54, 1.807) is 20.3 Å². The van der Waals surface area contributed by atoms with Crippen molar-refractivity contribution < 1.29 is 23.0 Å². The number of thioether (sulfide) groups is 1. The zero-order chi connectivity index (χ0) is 24.8. The Hall–Kier alpha value is -3.61. The lowest BCUT2D eigenvalue weighted by Gasteiger charge is -2.08. The first-order chi connectivity index (χ1) is 17.5. The zero-order valence-corrected chi connectivity index (χ0v) is 21.1. The third kappa shape index (κ3) is 4.16. The van der Waals surface area contributed by atoms with Crippen molar-refractivity contribution in [3.05, 3.63) is 59.2 Å². The maximum Gasteiger partial charge on any atom is 0.213 e. The molecule has 184 valence electrons. The monoisotopic (exact) mass is 525 g/mol. The van der Waals surface area contributed by atoms with Gasteiger partial charge in [-0.1, -0.05) is 0 Å². The number of thiazole rings is 1. The van der Waals surface area contributed by atoms with E-state index in [2.05, 4.69) is 20.4 Å². The molecular formula is C24H20FN5O4S2. The van der Waals surface area contributed by atoms with Crippen LogP contribution in [0.1, 0.15) is 10.6 Å². The van der Waals surface area contributed by atoms with E-state index in [1.807, 2.05) is 36.0 Å². The van der Waals surface area contributed by atoms with E-state index >= 15 is 0 Å². The number of rotatable bonds is 7. The number of pyridine rings is 1. The average Bonchev–Trinajstić information content (AvgIpc) is 3.64. The molecule has 1 aliphatic heterocycles. The number of imidazole rings is 1. The Morgan fingerprint density at radius 2 is 2.08 bits per heavy atom. The zero-order valence-electron chi connectivity index (χ0n) is 19.4.